The van der Waals surface area contributed by atoms with Crippen molar-refractivity contribution in [2.24, 2.45) is 0 Å². The van der Waals surface area contributed by atoms with Crippen LogP contribution in [-0.2, 0) is 9.53 Å². The van der Waals surface area contributed by atoms with Gasteiger partial charge >= 0.3 is 5.97 Å². The van der Waals surface area contributed by atoms with Crippen LogP contribution in [0.25, 0.3) is 11.1 Å². The van der Waals surface area contributed by atoms with E-state index in [4.69, 9.17) is 14.2 Å². The second-order valence-corrected chi connectivity index (χ2v) is 9.56. The van der Waals surface area contributed by atoms with Gasteiger partial charge in [-0.3, -0.25) is 9.69 Å². The van der Waals surface area contributed by atoms with Crippen molar-refractivity contribution in [2.45, 2.75) is 39.8 Å². The lowest BCUT2D eigenvalue weighted by atomic mass is 10.0. The molecule has 39 heavy (non-hydrogen) atoms. The molecule has 8 heteroatoms. The number of hydrogen-bond donors (Lipinski definition) is 1. The van der Waals surface area contributed by atoms with Crippen molar-refractivity contribution < 1.29 is 28.5 Å². The Morgan fingerprint density at radius 2 is 1.54 bits per heavy atom. The topological polar surface area (TPSA) is 86.3 Å². The van der Waals surface area contributed by atoms with Gasteiger partial charge in [-0.2, -0.15) is 0 Å². The lowest BCUT2D eigenvalue weighted by Crippen LogP contribution is -2.39. The molecule has 0 atom stereocenters. The largest absolute Gasteiger partial charge is 0.493 e. The number of amides is 1. The molecule has 0 spiro atoms. The molecule has 0 aliphatic carbocycles. The van der Waals surface area contributed by atoms with Gasteiger partial charge in [-0.05, 0) is 75.2 Å². The Balaban J connectivity index is 1.65. The summed E-state index contributed by atoms with van der Waals surface area (Å²) in [5, 5.41) is 2.94. The highest BCUT2D eigenvalue weighted by Crippen LogP contribution is 2.31. The Bertz CT molecular complexity index is 1230. The highest BCUT2D eigenvalue weighted by atomic mass is 16.6. The molecule has 0 aliphatic heterocycles. The fourth-order valence-corrected chi connectivity index (χ4v) is 4.22. The van der Waals surface area contributed by atoms with Crippen molar-refractivity contribution in [3.8, 4) is 28.4 Å². The summed E-state index contributed by atoms with van der Waals surface area (Å²) in [7, 11) is 2.91. The monoisotopic (exact) mass is 534 g/mol. The minimum absolute atomic E-state index is 0.161. The molecule has 3 aromatic carbocycles. The maximum atomic E-state index is 13.0. The lowest BCUT2D eigenvalue weighted by molar-refractivity contribution is -0.142. The Kier molecular flexibility index (Phi) is 10.8. The highest BCUT2D eigenvalue weighted by molar-refractivity contribution is 6.04. The molecule has 0 unspecified atom stereocenters. The van der Waals surface area contributed by atoms with Crippen molar-refractivity contribution in [2.75, 3.05) is 39.3 Å². The predicted octanol–water partition coefficient (Wildman–Crippen LogP) is 5.66. The summed E-state index contributed by atoms with van der Waals surface area (Å²) in [6.07, 6.45) is 0. The van der Waals surface area contributed by atoms with Crippen LogP contribution >= 0.6 is 0 Å². The third kappa shape index (κ3) is 8.48. The molecule has 0 radical (unpaired) electrons. The maximum absolute atomic E-state index is 13.0. The molecule has 8 nitrogen and oxygen atoms in total. The quantitative estimate of drug-likeness (QED) is 0.283. The average Bonchev–Trinajstić information content (AvgIpc) is 2.94. The van der Waals surface area contributed by atoms with Crippen LogP contribution in [0.4, 0.5) is 5.69 Å². The Morgan fingerprint density at radius 1 is 0.821 bits per heavy atom. The van der Waals surface area contributed by atoms with E-state index in [2.05, 4.69) is 42.6 Å². The van der Waals surface area contributed by atoms with Crippen LogP contribution in [-0.4, -0.2) is 62.8 Å². The minimum atomic E-state index is -0.449. The van der Waals surface area contributed by atoms with Gasteiger partial charge in [-0.1, -0.05) is 24.3 Å². The predicted molar refractivity (Wildman–Crippen MR) is 153 cm³/mol. The smallest absolute Gasteiger partial charge is 0.343 e. The van der Waals surface area contributed by atoms with Crippen LogP contribution in [0.3, 0.4) is 0 Å². The van der Waals surface area contributed by atoms with Gasteiger partial charge in [0.05, 0.1) is 14.2 Å². The number of hydrogen-bond acceptors (Lipinski definition) is 7. The molecule has 208 valence electrons. The van der Waals surface area contributed by atoms with Gasteiger partial charge < -0.3 is 24.3 Å². The number of carbonyl (C=O) groups is 2. The standard InChI is InChI=1S/C31H38N2O6/c1-21(2)33(22(3)4)16-17-38-29-19-26(14-15-28(29)36-5)32-31(35)24-12-10-23(11-13-24)25-8-7-9-27(18-25)39-20-30(34)37-6/h7-15,18-19,21-22H,16-17,20H2,1-6H3,(H,32,35). The molecule has 1 amide bonds. The average molecular weight is 535 g/mol. The van der Waals surface area contributed by atoms with E-state index >= 15 is 0 Å². The van der Waals surface area contributed by atoms with E-state index in [1.54, 1.807) is 43.5 Å². The number of ether oxygens (including phenoxy) is 4. The van der Waals surface area contributed by atoms with E-state index in [9.17, 15) is 9.59 Å². The zero-order valence-corrected chi connectivity index (χ0v) is 23.5. The van der Waals surface area contributed by atoms with E-state index in [-0.39, 0.29) is 12.5 Å². The molecule has 1 N–H and O–H groups in total. The normalized spacial score (nSPS) is 11.0. The number of nitrogens with zero attached hydrogens (tertiary/aromatic N) is 1. The van der Waals surface area contributed by atoms with E-state index in [0.29, 0.717) is 47.2 Å². The summed E-state index contributed by atoms with van der Waals surface area (Å²) >= 11 is 0. The first-order valence-electron chi connectivity index (χ1n) is 13.0. The number of nitrogens with one attached hydrogen (secondary N) is 1. The number of rotatable bonds is 13. The van der Waals surface area contributed by atoms with Crippen molar-refractivity contribution in [3.05, 3.63) is 72.3 Å². The second-order valence-electron chi connectivity index (χ2n) is 9.56. The molecule has 0 saturated carbocycles. The third-order valence-electron chi connectivity index (χ3n) is 6.25. The third-order valence-corrected chi connectivity index (χ3v) is 6.25. The molecule has 0 bridgehead atoms. The number of anilines is 1. The molecule has 0 aliphatic rings. The molecule has 0 fully saturated rings. The van der Waals surface area contributed by atoms with E-state index in [1.807, 2.05) is 30.3 Å². The van der Waals surface area contributed by atoms with Gasteiger partial charge in [0.25, 0.3) is 5.91 Å². The van der Waals surface area contributed by atoms with Crippen LogP contribution in [0.2, 0.25) is 0 Å². The van der Waals surface area contributed by atoms with Gasteiger partial charge in [0.2, 0.25) is 0 Å². The Hall–Kier alpha value is -4.04. The van der Waals surface area contributed by atoms with Crippen LogP contribution in [0.15, 0.2) is 66.7 Å². The summed E-state index contributed by atoms with van der Waals surface area (Å²) in [5.74, 6) is 1.05. The van der Waals surface area contributed by atoms with E-state index in [1.165, 1.54) is 7.11 Å². The molecule has 0 aromatic heterocycles. The molecule has 3 aromatic rings. The molecular weight excluding hydrogens is 496 g/mol. The summed E-state index contributed by atoms with van der Waals surface area (Å²) in [5.41, 5.74) is 2.93. The first kappa shape index (κ1) is 29.5. The van der Waals surface area contributed by atoms with Gasteiger partial charge in [0, 0.05) is 35.9 Å². The number of benzene rings is 3. The fraction of sp³-hybridized carbons (Fsp3) is 0.355. The number of carbonyl (C=O) groups excluding carboxylic acids is 2. The van der Waals surface area contributed by atoms with Gasteiger partial charge in [0.1, 0.15) is 12.4 Å². The zero-order chi connectivity index (χ0) is 28.4. The summed E-state index contributed by atoms with van der Waals surface area (Å²) in [6.45, 7) is 9.80. The fourth-order valence-electron chi connectivity index (χ4n) is 4.22. The Morgan fingerprint density at radius 3 is 2.18 bits per heavy atom. The lowest BCUT2D eigenvalue weighted by Gasteiger charge is -2.30. The van der Waals surface area contributed by atoms with E-state index in [0.717, 1.165) is 17.7 Å². The summed E-state index contributed by atoms with van der Waals surface area (Å²) < 4.78 is 21.6. The molecule has 3 rings (SSSR count). The highest BCUT2D eigenvalue weighted by Gasteiger charge is 2.15. The van der Waals surface area contributed by atoms with Gasteiger partial charge in [-0.25, -0.2) is 4.79 Å². The van der Waals surface area contributed by atoms with Crippen LogP contribution in [0.1, 0.15) is 38.1 Å². The number of esters is 1. The first-order valence-corrected chi connectivity index (χ1v) is 13.0. The summed E-state index contributed by atoms with van der Waals surface area (Å²) in [4.78, 5) is 26.7. The van der Waals surface area contributed by atoms with Crippen LogP contribution in [0.5, 0.6) is 17.2 Å². The zero-order valence-electron chi connectivity index (χ0n) is 23.5. The van der Waals surface area contributed by atoms with Crippen molar-refractivity contribution >= 4 is 17.6 Å². The van der Waals surface area contributed by atoms with E-state index < -0.39 is 5.97 Å². The molecular formula is C31H38N2O6. The van der Waals surface area contributed by atoms with Crippen LogP contribution in [0, 0.1) is 0 Å². The van der Waals surface area contributed by atoms with Crippen LogP contribution < -0.4 is 19.5 Å². The Labute approximate surface area is 230 Å². The van der Waals surface area contributed by atoms with Gasteiger partial charge in [0.15, 0.2) is 18.1 Å². The van der Waals surface area contributed by atoms with Crippen molar-refractivity contribution in [3.63, 3.8) is 0 Å². The second kappa shape index (κ2) is 14.2. The minimum Gasteiger partial charge on any atom is -0.493 e. The summed E-state index contributed by atoms with van der Waals surface area (Å²) in [6, 6.07) is 20.8. The molecule has 0 saturated heterocycles. The van der Waals surface area contributed by atoms with Crippen molar-refractivity contribution in [1.82, 2.24) is 4.90 Å². The maximum Gasteiger partial charge on any atom is 0.343 e. The molecule has 0 heterocycles. The number of methoxy groups -OCH3 is 2. The SMILES string of the molecule is COC(=O)COc1cccc(-c2ccc(C(=O)Nc3ccc(OC)c(OCCN(C(C)C)C(C)C)c3)cc2)c1. The first-order chi connectivity index (χ1) is 18.7. The van der Waals surface area contributed by atoms with Crippen molar-refractivity contribution in [1.29, 1.82) is 0 Å². The van der Waals surface area contributed by atoms with Gasteiger partial charge in [-0.15, -0.1) is 0 Å².